The molecule has 7 nitrogen and oxygen atoms in total. The molecule has 2 atom stereocenters. The van der Waals surface area contributed by atoms with Crippen LogP contribution in [0.3, 0.4) is 0 Å². The van der Waals surface area contributed by atoms with Crippen molar-refractivity contribution in [1.82, 2.24) is 25.1 Å². The van der Waals surface area contributed by atoms with Crippen LogP contribution < -0.4 is 4.90 Å². The summed E-state index contributed by atoms with van der Waals surface area (Å²) in [6.45, 7) is 4.69. The molecule has 1 aliphatic heterocycles. The number of anilines is 1. The Morgan fingerprint density at radius 3 is 2.87 bits per heavy atom. The fraction of sp³-hybridized carbons (Fsp3) is 0.391. The number of aromatic nitrogens is 4. The Balaban J connectivity index is 1.48. The monoisotopic (exact) mass is 422 g/mol. The van der Waals surface area contributed by atoms with E-state index in [1.807, 2.05) is 6.07 Å². The van der Waals surface area contributed by atoms with Crippen LogP contribution in [-0.4, -0.2) is 71.0 Å². The Labute approximate surface area is 180 Å². The van der Waals surface area contributed by atoms with Crippen LogP contribution in [0.25, 0.3) is 33.5 Å². The third-order valence-corrected chi connectivity index (χ3v) is 5.95. The zero-order valence-electron chi connectivity index (χ0n) is 18.0. The minimum atomic E-state index is -0.291. The third kappa shape index (κ3) is 3.77. The SMILES string of the molecule is CC[C@H]1CO[C@@H](CN(C)C)CN1c1ccc2nc(-c3n[nH]c4cc(F)ccc34)[nH]c2c1. The number of benzene rings is 2. The lowest BCUT2D eigenvalue weighted by molar-refractivity contribution is 0.00513. The van der Waals surface area contributed by atoms with E-state index in [4.69, 9.17) is 9.72 Å². The Hall–Kier alpha value is -2.97. The van der Waals surface area contributed by atoms with E-state index in [9.17, 15) is 4.39 Å². The lowest BCUT2D eigenvalue weighted by Crippen LogP contribution is -2.52. The molecule has 0 saturated carbocycles. The Morgan fingerprint density at radius 2 is 2.06 bits per heavy atom. The highest BCUT2D eigenvalue weighted by Gasteiger charge is 2.28. The highest BCUT2D eigenvalue weighted by molar-refractivity contribution is 5.93. The summed E-state index contributed by atoms with van der Waals surface area (Å²) in [6.07, 6.45) is 1.21. The van der Waals surface area contributed by atoms with Gasteiger partial charge in [-0.05, 0) is 56.9 Å². The van der Waals surface area contributed by atoms with E-state index in [1.165, 1.54) is 12.1 Å². The Bertz CT molecular complexity index is 1220. The summed E-state index contributed by atoms with van der Waals surface area (Å²) < 4.78 is 19.6. The van der Waals surface area contributed by atoms with Gasteiger partial charge in [-0.15, -0.1) is 0 Å². The molecule has 5 rings (SSSR count). The topological polar surface area (TPSA) is 73.1 Å². The van der Waals surface area contributed by atoms with Crippen LogP contribution in [0.5, 0.6) is 0 Å². The molecular formula is C23H27FN6O. The second-order valence-corrected chi connectivity index (χ2v) is 8.48. The van der Waals surface area contributed by atoms with Gasteiger partial charge in [0.1, 0.15) is 11.5 Å². The van der Waals surface area contributed by atoms with Gasteiger partial charge in [0.2, 0.25) is 0 Å². The number of aromatic amines is 2. The van der Waals surface area contributed by atoms with E-state index >= 15 is 0 Å². The summed E-state index contributed by atoms with van der Waals surface area (Å²) in [4.78, 5) is 12.7. The molecule has 162 valence electrons. The number of hydrogen-bond acceptors (Lipinski definition) is 5. The smallest absolute Gasteiger partial charge is 0.159 e. The van der Waals surface area contributed by atoms with Crippen LogP contribution in [0.1, 0.15) is 13.3 Å². The normalized spacial score (nSPS) is 19.7. The fourth-order valence-corrected chi connectivity index (χ4v) is 4.39. The van der Waals surface area contributed by atoms with Crippen LogP contribution in [-0.2, 0) is 4.74 Å². The van der Waals surface area contributed by atoms with E-state index < -0.39 is 0 Å². The predicted molar refractivity (Wildman–Crippen MR) is 121 cm³/mol. The van der Waals surface area contributed by atoms with Crippen molar-refractivity contribution in [2.45, 2.75) is 25.5 Å². The van der Waals surface area contributed by atoms with Crippen molar-refractivity contribution in [2.75, 3.05) is 38.7 Å². The molecule has 2 aromatic heterocycles. The number of likely N-dealkylation sites (N-methyl/N-ethyl adjacent to an activating group) is 1. The fourth-order valence-electron chi connectivity index (χ4n) is 4.39. The molecule has 0 radical (unpaired) electrons. The predicted octanol–water partition coefficient (Wildman–Crippen LogP) is 3.79. The summed E-state index contributed by atoms with van der Waals surface area (Å²) in [7, 11) is 4.15. The molecule has 1 aliphatic rings. The van der Waals surface area contributed by atoms with Crippen molar-refractivity contribution in [3.63, 3.8) is 0 Å². The first kappa shape index (κ1) is 20.0. The van der Waals surface area contributed by atoms with E-state index in [-0.39, 0.29) is 11.9 Å². The van der Waals surface area contributed by atoms with Crippen molar-refractivity contribution in [3.8, 4) is 11.5 Å². The first-order valence-electron chi connectivity index (χ1n) is 10.7. The summed E-state index contributed by atoms with van der Waals surface area (Å²) in [6, 6.07) is 11.3. The van der Waals surface area contributed by atoms with Gasteiger partial charge in [-0.25, -0.2) is 9.37 Å². The van der Waals surface area contributed by atoms with E-state index in [1.54, 1.807) is 6.07 Å². The molecule has 8 heteroatoms. The minimum Gasteiger partial charge on any atom is -0.373 e. The standard InChI is InChI=1S/C23H27FN6O/c1-4-15-13-31-17(11-29(2)3)12-30(15)16-6-8-19-21(10-16)26-23(25-19)22-18-7-5-14(24)9-20(18)27-28-22/h5-10,15,17H,4,11-13H2,1-3H3,(H,25,26)(H,27,28)/t15-,17-/m0/s1. The number of nitrogens with one attached hydrogen (secondary N) is 2. The number of nitrogens with zero attached hydrogens (tertiary/aromatic N) is 4. The van der Waals surface area contributed by atoms with Gasteiger partial charge in [0.25, 0.3) is 0 Å². The van der Waals surface area contributed by atoms with Gasteiger partial charge < -0.3 is 19.5 Å². The van der Waals surface area contributed by atoms with Crippen LogP contribution in [0.15, 0.2) is 36.4 Å². The second kappa shape index (κ2) is 7.94. The first-order chi connectivity index (χ1) is 15.0. The number of rotatable bonds is 5. The average Bonchev–Trinajstić information content (AvgIpc) is 3.35. The van der Waals surface area contributed by atoms with E-state index in [0.717, 1.165) is 48.2 Å². The van der Waals surface area contributed by atoms with Gasteiger partial charge in [-0.2, -0.15) is 5.10 Å². The van der Waals surface area contributed by atoms with E-state index in [0.29, 0.717) is 23.1 Å². The number of halogens is 1. The van der Waals surface area contributed by atoms with Crippen molar-refractivity contribution in [2.24, 2.45) is 0 Å². The van der Waals surface area contributed by atoms with Crippen LogP contribution in [0.4, 0.5) is 10.1 Å². The highest BCUT2D eigenvalue weighted by Crippen LogP contribution is 2.30. The number of morpholine rings is 1. The molecule has 2 aromatic carbocycles. The van der Waals surface area contributed by atoms with Gasteiger partial charge in [0.15, 0.2) is 5.82 Å². The molecule has 0 aliphatic carbocycles. The minimum absolute atomic E-state index is 0.182. The molecule has 3 heterocycles. The molecule has 1 fully saturated rings. The molecule has 2 N–H and O–H groups in total. The van der Waals surface area contributed by atoms with Crippen LogP contribution in [0.2, 0.25) is 0 Å². The van der Waals surface area contributed by atoms with Gasteiger partial charge in [-0.1, -0.05) is 6.92 Å². The molecule has 4 aromatic rings. The van der Waals surface area contributed by atoms with E-state index in [2.05, 4.69) is 58.1 Å². The van der Waals surface area contributed by atoms with Crippen molar-refractivity contribution >= 4 is 27.6 Å². The average molecular weight is 423 g/mol. The van der Waals surface area contributed by atoms with Crippen molar-refractivity contribution < 1.29 is 9.13 Å². The summed E-state index contributed by atoms with van der Waals surface area (Å²) in [5.74, 6) is 0.380. The summed E-state index contributed by atoms with van der Waals surface area (Å²) in [5.41, 5.74) is 4.34. The number of fused-ring (bicyclic) bond motifs is 2. The maximum absolute atomic E-state index is 13.5. The summed E-state index contributed by atoms with van der Waals surface area (Å²) >= 11 is 0. The molecular weight excluding hydrogens is 395 g/mol. The Morgan fingerprint density at radius 1 is 1.19 bits per heavy atom. The molecule has 1 saturated heterocycles. The zero-order chi connectivity index (χ0) is 21.5. The van der Waals surface area contributed by atoms with Gasteiger partial charge in [0.05, 0.1) is 35.3 Å². The van der Waals surface area contributed by atoms with Crippen molar-refractivity contribution in [3.05, 3.63) is 42.2 Å². The number of imidazole rings is 1. The van der Waals surface area contributed by atoms with Crippen LogP contribution >= 0.6 is 0 Å². The maximum atomic E-state index is 13.5. The second-order valence-electron chi connectivity index (χ2n) is 8.48. The molecule has 0 unspecified atom stereocenters. The molecule has 0 amide bonds. The quantitative estimate of drug-likeness (QED) is 0.512. The largest absolute Gasteiger partial charge is 0.373 e. The van der Waals surface area contributed by atoms with Gasteiger partial charge >= 0.3 is 0 Å². The number of ether oxygens (including phenoxy) is 1. The Kier molecular flexibility index (Phi) is 5.11. The lowest BCUT2D eigenvalue weighted by Gasteiger charge is -2.41. The summed E-state index contributed by atoms with van der Waals surface area (Å²) in [5, 5.41) is 8.09. The van der Waals surface area contributed by atoms with Crippen LogP contribution in [0, 0.1) is 5.82 Å². The molecule has 0 spiro atoms. The molecule has 0 bridgehead atoms. The van der Waals surface area contributed by atoms with Gasteiger partial charge in [-0.3, -0.25) is 5.10 Å². The van der Waals surface area contributed by atoms with Crippen molar-refractivity contribution in [1.29, 1.82) is 0 Å². The third-order valence-electron chi connectivity index (χ3n) is 5.95. The number of H-pyrrole nitrogens is 2. The zero-order valence-corrected chi connectivity index (χ0v) is 18.0. The number of hydrogen-bond donors (Lipinski definition) is 2. The highest BCUT2D eigenvalue weighted by atomic mass is 19.1. The van der Waals surface area contributed by atoms with Gasteiger partial charge in [0, 0.05) is 24.2 Å². The molecule has 31 heavy (non-hydrogen) atoms. The lowest BCUT2D eigenvalue weighted by atomic mass is 10.1. The maximum Gasteiger partial charge on any atom is 0.159 e. The first-order valence-corrected chi connectivity index (χ1v) is 10.7.